The summed E-state index contributed by atoms with van der Waals surface area (Å²) in [6.07, 6.45) is 3.06. The van der Waals surface area contributed by atoms with Crippen molar-refractivity contribution in [2.24, 2.45) is 0 Å². The molecular formula is C21H20N2O4. The summed E-state index contributed by atoms with van der Waals surface area (Å²) in [7, 11) is 1.32. The van der Waals surface area contributed by atoms with Gasteiger partial charge >= 0.3 is 5.97 Å². The Labute approximate surface area is 157 Å². The van der Waals surface area contributed by atoms with Gasteiger partial charge in [0, 0.05) is 24.2 Å². The number of hydrogen-bond donors (Lipinski definition) is 1. The van der Waals surface area contributed by atoms with Gasteiger partial charge < -0.3 is 15.0 Å². The van der Waals surface area contributed by atoms with Crippen LogP contribution in [0.1, 0.15) is 44.7 Å². The minimum Gasteiger partial charge on any atom is -0.465 e. The van der Waals surface area contributed by atoms with Crippen molar-refractivity contribution in [1.29, 1.82) is 0 Å². The fourth-order valence-corrected chi connectivity index (χ4v) is 3.80. The Kier molecular flexibility index (Phi) is 4.39. The van der Waals surface area contributed by atoms with E-state index in [4.69, 9.17) is 0 Å². The molecule has 0 unspecified atom stereocenters. The first-order valence-electron chi connectivity index (χ1n) is 9.02. The van der Waals surface area contributed by atoms with Crippen LogP contribution in [-0.4, -0.2) is 31.4 Å². The lowest BCUT2D eigenvalue weighted by Gasteiger charge is -2.35. The first kappa shape index (κ1) is 17.3. The molecular weight excluding hydrogens is 344 g/mol. The van der Waals surface area contributed by atoms with E-state index in [-0.39, 0.29) is 11.8 Å². The summed E-state index contributed by atoms with van der Waals surface area (Å²) in [5, 5.41) is 2.94. The number of benzene rings is 2. The molecule has 1 N–H and O–H groups in total. The van der Waals surface area contributed by atoms with Crippen molar-refractivity contribution in [3.63, 3.8) is 0 Å². The van der Waals surface area contributed by atoms with Crippen LogP contribution in [0.4, 0.5) is 11.4 Å². The van der Waals surface area contributed by atoms with Crippen LogP contribution < -0.4 is 10.2 Å². The van der Waals surface area contributed by atoms with E-state index >= 15 is 0 Å². The monoisotopic (exact) mass is 364 g/mol. The summed E-state index contributed by atoms with van der Waals surface area (Å²) in [5.41, 5.74) is 4.87. The number of nitrogens with one attached hydrogen (secondary N) is 1. The molecule has 0 aromatic heterocycles. The van der Waals surface area contributed by atoms with Gasteiger partial charge in [-0.2, -0.15) is 0 Å². The van der Waals surface area contributed by atoms with Crippen molar-refractivity contribution in [3.8, 4) is 0 Å². The van der Waals surface area contributed by atoms with Gasteiger partial charge in [-0.25, -0.2) is 4.79 Å². The van der Waals surface area contributed by atoms with Crippen LogP contribution in [0.2, 0.25) is 0 Å². The number of nitrogens with zero attached hydrogens (tertiary/aromatic N) is 1. The molecule has 27 heavy (non-hydrogen) atoms. The van der Waals surface area contributed by atoms with Gasteiger partial charge in [-0.05, 0) is 66.8 Å². The number of carbonyl (C=O) groups excluding carboxylic acids is 3. The van der Waals surface area contributed by atoms with Crippen LogP contribution in [0.3, 0.4) is 0 Å². The number of carbonyl (C=O) groups is 3. The average molecular weight is 364 g/mol. The zero-order valence-electron chi connectivity index (χ0n) is 15.1. The van der Waals surface area contributed by atoms with Gasteiger partial charge in [-0.15, -0.1) is 0 Å². The molecule has 2 aliphatic rings. The van der Waals surface area contributed by atoms with Crippen LogP contribution in [0.15, 0.2) is 36.4 Å². The second-order valence-corrected chi connectivity index (χ2v) is 6.82. The second-order valence-electron chi connectivity index (χ2n) is 6.82. The molecule has 2 aromatic rings. The molecule has 2 heterocycles. The molecule has 0 fully saturated rings. The summed E-state index contributed by atoms with van der Waals surface area (Å²) in [6.45, 7) is 0.775. The molecule has 0 atom stereocenters. The van der Waals surface area contributed by atoms with Gasteiger partial charge in [0.2, 0.25) is 5.91 Å². The van der Waals surface area contributed by atoms with Gasteiger partial charge in [0.1, 0.15) is 0 Å². The molecule has 2 aromatic carbocycles. The molecule has 0 spiro atoms. The number of ether oxygens (including phenoxy) is 1. The maximum absolute atomic E-state index is 12.6. The molecule has 6 nitrogen and oxygen atoms in total. The van der Waals surface area contributed by atoms with Crippen molar-refractivity contribution in [3.05, 3.63) is 58.7 Å². The van der Waals surface area contributed by atoms with E-state index in [0.717, 1.165) is 41.9 Å². The van der Waals surface area contributed by atoms with E-state index in [1.165, 1.54) is 7.11 Å². The fourth-order valence-electron chi connectivity index (χ4n) is 3.80. The van der Waals surface area contributed by atoms with Gasteiger partial charge in [0.25, 0.3) is 5.91 Å². The SMILES string of the molecule is COC(=O)c1ccc(C(=O)Nc2cc3c4c(c2)CCC(=O)N4CCC3)cc1. The van der Waals surface area contributed by atoms with E-state index < -0.39 is 5.97 Å². The third-order valence-electron chi connectivity index (χ3n) is 5.10. The lowest BCUT2D eigenvalue weighted by molar-refractivity contribution is -0.119. The normalized spacial score (nSPS) is 15.1. The molecule has 138 valence electrons. The summed E-state index contributed by atoms with van der Waals surface area (Å²) in [5.74, 6) is -0.487. The van der Waals surface area contributed by atoms with Crippen LogP contribution in [-0.2, 0) is 22.4 Å². The first-order valence-corrected chi connectivity index (χ1v) is 9.02. The van der Waals surface area contributed by atoms with Gasteiger partial charge in [0.15, 0.2) is 0 Å². The third-order valence-corrected chi connectivity index (χ3v) is 5.10. The molecule has 6 heteroatoms. The second kappa shape index (κ2) is 6.87. The number of hydrogen-bond acceptors (Lipinski definition) is 4. The topological polar surface area (TPSA) is 75.7 Å². The summed E-state index contributed by atoms with van der Waals surface area (Å²) in [6, 6.07) is 10.3. The van der Waals surface area contributed by atoms with E-state index in [2.05, 4.69) is 10.1 Å². The van der Waals surface area contributed by atoms with Gasteiger partial charge in [0.05, 0.1) is 18.4 Å². The van der Waals surface area contributed by atoms with E-state index in [0.29, 0.717) is 24.0 Å². The lowest BCUT2D eigenvalue weighted by Crippen LogP contribution is -2.39. The minimum absolute atomic E-state index is 0.186. The number of methoxy groups -OCH3 is 1. The lowest BCUT2D eigenvalue weighted by atomic mass is 9.91. The van der Waals surface area contributed by atoms with Crippen molar-refractivity contribution >= 4 is 29.2 Å². The van der Waals surface area contributed by atoms with E-state index in [9.17, 15) is 14.4 Å². The fraction of sp³-hybridized carbons (Fsp3) is 0.286. The van der Waals surface area contributed by atoms with Crippen molar-refractivity contribution in [2.45, 2.75) is 25.7 Å². The quantitative estimate of drug-likeness (QED) is 0.850. The largest absolute Gasteiger partial charge is 0.465 e. The average Bonchev–Trinajstić information content (AvgIpc) is 2.70. The molecule has 4 rings (SSSR count). The molecule has 0 saturated carbocycles. The Bertz CT molecular complexity index is 917. The number of anilines is 2. The molecule has 2 amide bonds. The Morgan fingerprint density at radius 2 is 1.67 bits per heavy atom. The van der Waals surface area contributed by atoms with Crippen LogP contribution in [0.5, 0.6) is 0 Å². The highest BCUT2D eigenvalue weighted by Gasteiger charge is 2.29. The standard InChI is InChI=1S/C21H20N2O4/c1-27-21(26)14-6-4-13(5-7-14)20(25)22-17-11-15-3-2-10-23-18(24)9-8-16(12-17)19(15)23/h4-7,11-12H,2-3,8-10H2,1H3,(H,22,25). The van der Waals surface area contributed by atoms with Crippen molar-refractivity contribution in [2.75, 3.05) is 23.9 Å². The Morgan fingerprint density at radius 3 is 2.37 bits per heavy atom. The molecule has 0 aliphatic carbocycles. The van der Waals surface area contributed by atoms with Crippen molar-refractivity contribution < 1.29 is 19.1 Å². The minimum atomic E-state index is -0.435. The van der Waals surface area contributed by atoms with Crippen LogP contribution in [0, 0.1) is 0 Å². The zero-order valence-corrected chi connectivity index (χ0v) is 15.1. The predicted octanol–water partition coefficient (Wildman–Crippen LogP) is 2.95. The van der Waals surface area contributed by atoms with Crippen molar-refractivity contribution in [1.82, 2.24) is 0 Å². The van der Waals surface area contributed by atoms with E-state index in [1.54, 1.807) is 24.3 Å². The molecule has 0 bridgehead atoms. The van der Waals surface area contributed by atoms with Crippen LogP contribution in [0.25, 0.3) is 0 Å². The number of esters is 1. The molecule has 0 saturated heterocycles. The van der Waals surface area contributed by atoms with Crippen LogP contribution >= 0.6 is 0 Å². The van der Waals surface area contributed by atoms with Gasteiger partial charge in [-0.1, -0.05) is 0 Å². The maximum Gasteiger partial charge on any atom is 0.337 e. The highest BCUT2D eigenvalue weighted by molar-refractivity contribution is 6.05. The Morgan fingerprint density at radius 1 is 1.00 bits per heavy atom. The Balaban J connectivity index is 1.57. The maximum atomic E-state index is 12.6. The highest BCUT2D eigenvalue weighted by atomic mass is 16.5. The zero-order chi connectivity index (χ0) is 19.0. The highest BCUT2D eigenvalue weighted by Crippen LogP contribution is 2.37. The smallest absolute Gasteiger partial charge is 0.337 e. The first-order chi connectivity index (χ1) is 13.1. The molecule has 2 aliphatic heterocycles. The summed E-state index contributed by atoms with van der Waals surface area (Å²) < 4.78 is 4.66. The van der Waals surface area contributed by atoms with E-state index in [1.807, 2.05) is 17.0 Å². The number of amides is 2. The third kappa shape index (κ3) is 3.18. The Hall–Kier alpha value is -3.15. The molecule has 0 radical (unpaired) electrons. The predicted molar refractivity (Wildman–Crippen MR) is 101 cm³/mol. The number of aryl methyl sites for hydroxylation is 2. The number of rotatable bonds is 3. The summed E-state index contributed by atoms with van der Waals surface area (Å²) in [4.78, 5) is 38.1. The van der Waals surface area contributed by atoms with Gasteiger partial charge in [-0.3, -0.25) is 9.59 Å². The summed E-state index contributed by atoms with van der Waals surface area (Å²) >= 11 is 0.